The van der Waals surface area contributed by atoms with Crippen LogP contribution in [0.3, 0.4) is 0 Å². The van der Waals surface area contributed by atoms with Crippen LogP contribution in [0.25, 0.3) is 0 Å². The van der Waals surface area contributed by atoms with Gasteiger partial charge in [-0.15, -0.1) is 0 Å². The first-order valence-corrected chi connectivity index (χ1v) is 6.85. The third-order valence-corrected chi connectivity index (χ3v) is 4.12. The molecule has 0 aromatic carbocycles. The summed E-state index contributed by atoms with van der Waals surface area (Å²) in [6, 6.07) is -0.631. The summed E-state index contributed by atoms with van der Waals surface area (Å²) in [6.45, 7) is 4.17. The highest BCUT2D eigenvalue weighted by atomic mass is 16.4. The van der Waals surface area contributed by atoms with Crippen LogP contribution in [0.1, 0.15) is 32.6 Å². The molecule has 0 aromatic heterocycles. The van der Waals surface area contributed by atoms with Crippen molar-refractivity contribution in [2.45, 2.75) is 38.6 Å². The van der Waals surface area contributed by atoms with E-state index in [1.165, 1.54) is 0 Å². The molecule has 2 unspecified atom stereocenters. The van der Waals surface area contributed by atoms with Crippen LogP contribution in [-0.4, -0.2) is 47.6 Å². The van der Waals surface area contributed by atoms with Gasteiger partial charge in [0, 0.05) is 13.1 Å². The molecule has 2 heterocycles. The number of carbonyl (C=O) groups is 2. The fraction of sp³-hybridized carbons (Fsp3) is 0.846. The molecule has 0 bridgehead atoms. The molecule has 2 aliphatic heterocycles. The molecule has 102 valence electrons. The lowest BCUT2D eigenvalue weighted by molar-refractivity contribution is -0.156. The van der Waals surface area contributed by atoms with Gasteiger partial charge in [-0.2, -0.15) is 0 Å². The van der Waals surface area contributed by atoms with Gasteiger partial charge >= 0.3 is 5.97 Å². The lowest BCUT2D eigenvalue weighted by Crippen LogP contribution is -2.55. The lowest BCUT2D eigenvalue weighted by atomic mass is 9.88. The number of nitrogens with zero attached hydrogens (tertiary/aromatic N) is 1. The maximum absolute atomic E-state index is 12.4. The zero-order valence-electron chi connectivity index (χ0n) is 10.9. The van der Waals surface area contributed by atoms with Crippen molar-refractivity contribution >= 4 is 11.9 Å². The summed E-state index contributed by atoms with van der Waals surface area (Å²) in [5, 5.41) is 12.5. The van der Waals surface area contributed by atoms with Gasteiger partial charge in [-0.3, -0.25) is 4.79 Å². The average molecular weight is 254 g/mol. The van der Waals surface area contributed by atoms with E-state index in [-0.39, 0.29) is 17.7 Å². The van der Waals surface area contributed by atoms with Gasteiger partial charge in [-0.25, -0.2) is 4.79 Å². The molecule has 2 aliphatic rings. The normalized spacial score (nSPS) is 33.2. The molecular weight excluding hydrogens is 232 g/mol. The van der Waals surface area contributed by atoms with Gasteiger partial charge in [0.05, 0.1) is 5.92 Å². The second-order valence-corrected chi connectivity index (χ2v) is 5.48. The third-order valence-electron chi connectivity index (χ3n) is 4.12. The molecule has 0 aromatic rings. The standard InChI is InChI=1S/C13H22N2O3/c1-9-4-3-7-15(11(9)13(17)18)12(16)10-5-2-6-14-8-10/h9-11,14H,2-8H2,1H3,(H,17,18)/t9?,10-,11?/m0/s1. The van der Waals surface area contributed by atoms with E-state index in [0.29, 0.717) is 13.1 Å². The van der Waals surface area contributed by atoms with Gasteiger partial charge in [-0.1, -0.05) is 6.92 Å². The van der Waals surface area contributed by atoms with Crippen molar-refractivity contribution in [3.63, 3.8) is 0 Å². The van der Waals surface area contributed by atoms with E-state index >= 15 is 0 Å². The van der Waals surface area contributed by atoms with Crippen LogP contribution in [-0.2, 0) is 9.59 Å². The molecule has 2 N–H and O–H groups in total. The fourth-order valence-corrected chi connectivity index (χ4v) is 3.11. The molecule has 5 heteroatoms. The first kappa shape index (κ1) is 13.3. The molecule has 2 rings (SSSR count). The molecule has 0 radical (unpaired) electrons. The number of carbonyl (C=O) groups excluding carboxylic acids is 1. The van der Waals surface area contributed by atoms with Crippen LogP contribution in [0, 0.1) is 11.8 Å². The van der Waals surface area contributed by atoms with Gasteiger partial charge in [0.2, 0.25) is 5.91 Å². The Kier molecular flexibility index (Phi) is 4.22. The van der Waals surface area contributed by atoms with Crippen LogP contribution in [0.5, 0.6) is 0 Å². The molecule has 0 aliphatic carbocycles. The fourth-order valence-electron chi connectivity index (χ4n) is 3.11. The Balaban J connectivity index is 2.08. The topological polar surface area (TPSA) is 69.6 Å². The number of hydrogen-bond donors (Lipinski definition) is 2. The van der Waals surface area contributed by atoms with E-state index in [2.05, 4.69) is 5.32 Å². The monoisotopic (exact) mass is 254 g/mol. The average Bonchev–Trinajstić information content (AvgIpc) is 2.38. The predicted molar refractivity (Wildman–Crippen MR) is 67.1 cm³/mol. The largest absolute Gasteiger partial charge is 0.480 e. The zero-order valence-corrected chi connectivity index (χ0v) is 10.9. The highest BCUT2D eigenvalue weighted by Gasteiger charge is 2.39. The molecule has 2 fully saturated rings. The Morgan fingerprint density at radius 3 is 2.67 bits per heavy atom. The number of nitrogens with one attached hydrogen (secondary N) is 1. The molecule has 0 saturated carbocycles. The summed E-state index contributed by atoms with van der Waals surface area (Å²) in [6.07, 6.45) is 3.68. The van der Waals surface area contributed by atoms with E-state index in [1.807, 2.05) is 6.92 Å². The van der Waals surface area contributed by atoms with Gasteiger partial charge in [0.1, 0.15) is 6.04 Å². The van der Waals surface area contributed by atoms with Gasteiger partial charge in [-0.05, 0) is 38.1 Å². The molecule has 18 heavy (non-hydrogen) atoms. The Bertz CT molecular complexity index is 326. The first-order chi connectivity index (χ1) is 8.61. The summed E-state index contributed by atoms with van der Waals surface area (Å²) in [7, 11) is 0. The van der Waals surface area contributed by atoms with E-state index in [1.54, 1.807) is 4.90 Å². The lowest BCUT2D eigenvalue weighted by Gasteiger charge is -2.39. The van der Waals surface area contributed by atoms with E-state index in [4.69, 9.17) is 0 Å². The summed E-state index contributed by atoms with van der Waals surface area (Å²) < 4.78 is 0. The van der Waals surface area contributed by atoms with Crippen LogP contribution in [0.15, 0.2) is 0 Å². The maximum atomic E-state index is 12.4. The van der Waals surface area contributed by atoms with E-state index < -0.39 is 12.0 Å². The third kappa shape index (κ3) is 2.66. The van der Waals surface area contributed by atoms with Crippen LogP contribution >= 0.6 is 0 Å². The van der Waals surface area contributed by atoms with Gasteiger partial charge in [0.25, 0.3) is 0 Å². The molecule has 2 saturated heterocycles. The number of amides is 1. The smallest absolute Gasteiger partial charge is 0.326 e. The maximum Gasteiger partial charge on any atom is 0.326 e. The Morgan fingerprint density at radius 1 is 1.28 bits per heavy atom. The summed E-state index contributed by atoms with van der Waals surface area (Å²) in [5.41, 5.74) is 0. The van der Waals surface area contributed by atoms with E-state index in [0.717, 1.165) is 32.2 Å². The molecule has 5 nitrogen and oxygen atoms in total. The second-order valence-electron chi connectivity index (χ2n) is 5.48. The summed E-state index contributed by atoms with van der Waals surface area (Å²) in [5.74, 6) is -0.817. The van der Waals surface area contributed by atoms with Gasteiger partial charge in [0.15, 0.2) is 0 Å². The highest BCUT2D eigenvalue weighted by Crippen LogP contribution is 2.26. The molecule has 3 atom stereocenters. The minimum Gasteiger partial charge on any atom is -0.480 e. The predicted octanol–water partition coefficient (Wildman–Crippen LogP) is 0.698. The van der Waals surface area contributed by atoms with Crippen LogP contribution in [0.2, 0.25) is 0 Å². The number of carboxylic acids is 1. The minimum absolute atomic E-state index is 0.0288. The Morgan fingerprint density at radius 2 is 2.06 bits per heavy atom. The van der Waals surface area contributed by atoms with Crippen molar-refractivity contribution in [2.75, 3.05) is 19.6 Å². The number of aliphatic carboxylic acids is 1. The molecule has 0 spiro atoms. The van der Waals surface area contributed by atoms with Gasteiger partial charge < -0.3 is 15.3 Å². The number of rotatable bonds is 2. The van der Waals surface area contributed by atoms with E-state index in [9.17, 15) is 14.7 Å². The Hall–Kier alpha value is -1.10. The van der Waals surface area contributed by atoms with Crippen molar-refractivity contribution in [3.8, 4) is 0 Å². The highest BCUT2D eigenvalue weighted by molar-refractivity contribution is 5.85. The SMILES string of the molecule is CC1CCCN(C(=O)[C@H]2CCCNC2)C1C(=O)O. The minimum atomic E-state index is -0.862. The first-order valence-electron chi connectivity index (χ1n) is 6.85. The molecular formula is C13H22N2O3. The molecule has 1 amide bonds. The number of hydrogen-bond acceptors (Lipinski definition) is 3. The van der Waals surface area contributed by atoms with Crippen LogP contribution < -0.4 is 5.32 Å². The summed E-state index contributed by atoms with van der Waals surface area (Å²) in [4.78, 5) is 25.4. The number of piperidine rings is 2. The quantitative estimate of drug-likeness (QED) is 0.761. The van der Waals surface area contributed by atoms with Crippen molar-refractivity contribution < 1.29 is 14.7 Å². The number of likely N-dealkylation sites (tertiary alicyclic amines) is 1. The second kappa shape index (κ2) is 5.69. The van der Waals surface area contributed by atoms with Crippen molar-refractivity contribution in [2.24, 2.45) is 11.8 Å². The van der Waals surface area contributed by atoms with Crippen molar-refractivity contribution in [1.29, 1.82) is 0 Å². The summed E-state index contributed by atoms with van der Waals surface area (Å²) >= 11 is 0. The Labute approximate surface area is 108 Å². The number of carboxylic acid groups (broad SMARTS) is 1. The van der Waals surface area contributed by atoms with Crippen molar-refractivity contribution in [1.82, 2.24) is 10.2 Å². The zero-order chi connectivity index (χ0) is 13.1. The van der Waals surface area contributed by atoms with Crippen molar-refractivity contribution in [3.05, 3.63) is 0 Å². The van der Waals surface area contributed by atoms with Crippen LogP contribution in [0.4, 0.5) is 0 Å².